The van der Waals surface area contributed by atoms with Crippen molar-refractivity contribution in [2.75, 3.05) is 0 Å². The fourth-order valence-corrected chi connectivity index (χ4v) is 4.20. The maximum Gasteiger partial charge on any atom is 0.241 e. The highest BCUT2D eigenvalue weighted by Gasteiger charge is 2.43. The fourth-order valence-electron chi connectivity index (χ4n) is 3.42. The molecule has 2 heterocycles. The van der Waals surface area contributed by atoms with Crippen molar-refractivity contribution < 1.29 is 4.79 Å². The Hall–Kier alpha value is -0.870. The molecule has 116 valence electrons. The smallest absolute Gasteiger partial charge is 0.241 e. The highest BCUT2D eigenvalue weighted by molar-refractivity contribution is 7.10. The molecule has 1 saturated carbocycles. The van der Waals surface area contributed by atoms with Crippen molar-refractivity contribution >= 4 is 17.2 Å². The summed E-state index contributed by atoms with van der Waals surface area (Å²) >= 11 is 1.75. The zero-order chi connectivity index (χ0) is 14.8. The lowest BCUT2D eigenvalue weighted by molar-refractivity contribution is -0.132. The highest BCUT2D eigenvalue weighted by Crippen LogP contribution is 2.39. The average Bonchev–Trinajstić information content (AvgIpc) is 3.02. The van der Waals surface area contributed by atoms with Crippen molar-refractivity contribution in [2.24, 2.45) is 5.92 Å². The van der Waals surface area contributed by atoms with Gasteiger partial charge in [-0.15, -0.1) is 11.3 Å². The normalized spacial score (nSPS) is 27.3. The van der Waals surface area contributed by atoms with Gasteiger partial charge in [-0.1, -0.05) is 39.2 Å². The monoisotopic (exact) mass is 306 g/mol. The number of amides is 1. The van der Waals surface area contributed by atoms with Gasteiger partial charge in [-0.2, -0.15) is 0 Å². The molecule has 0 bridgehead atoms. The maximum atomic E-state index is 12.9. The standard InChI is InChI=1S/C17H26N2OS/c1-3-6-14-17(20)19(13(4-2)11-12-8-9-12)16(18-14)15-7-5-10-21-15/h5,7,10,12-14,16,18H,3-4,6,8-9,11H2,1-2H3. The first-order valence-electron chi connectivity index (χ1n) is 8.36. The van der Waals surface area contributed by atoms with E-state index in [-0.39, 0.29) is 12.2 Å². The molecule has 3 nitrogen and oxygen atoms in total. The molecule has 3 rings (SSSR count). The van der Waals surface area contributed by atoms with Crippen LogP contribution in [-0.2, 0) is 4.79 Å². The number of hydrogen-bond acceptors (Lipinski definition) is 3. The van der Waals surface area contributed by atoms with E-state index >= 15 is 0 Å². The molecule has 3 atom stereocenters. The molecule has 1 N–H and O–H groups in total. The van der Waals surface area contributed by atoms with E-state index in [1.165, 1.54) is 24.1 Å². The number of carbonyl (C=O) groups is 1. The lowest BCUT2D eigenvalue weighted by atomic mass is 10.0. The first-order valence-corrected chi connectivity index (χ1v) is 9.24. The van der Waals surface area contributed by atoms with Gasteiger partial charge in [-0.25, -0.2) is 0 Å². The van der Waals surface area contributed by atoms with Crippen LogP contribution in [0.5, 0.6) is 0 Å². The van der Waals surface area contributed by atoms with Crippen molar-refractivity contribution in [1.29, 1.82) is 0 Å². The predicted molar refractivity (Wildman–Crippen MR) is 87.2 cm³/mol. The molecule has 0 radical (unpaired) electrons. The molecule has 0 spiro atoms. The van der Waals surface area contributed by atoms with E-state index in [2.05, 4.69) is 41.6 Å². The SMILES string of the molecule is CCCC1NC(c2cccs2)N(C(CC)CC2CC2)C1=O. The van der Waals surface area contributed by atoms with Crippen LogP contribution < -0.4 is 5.32 Å². The van der Waals surface area contributed by atoms with Crippen LogP contribution in [0.4, 0.5) is 0 Å². The first-order chi connectivity index (χ1) is 10.2. The van der Waals surface area contributed by atoms with Gasteiger partial charge in [-0.05, 0) is 36.6 Å². The van der Waals surface area contributed by atoms with Crippen molar-refractivity contribution in [3.05, 3.63) is 22.4 Å². The summed E-state index contributed by atoms with van der Waals surface area (Å²) in [4.78, 5) is 16.3. The van der Waals surface area contributed by atoms with Crippen LogP contribution in [0, 0.1) is 5.92 Å². The van der Waals surface area contributed by atoms with Gasteiger partial charge in [0.15, 0.2) is 0 Å². The topological polar surface area (TPSA) is 32.3 Å². The molecule has 1 aromatic rings. The number of hydrogen-bond donors (Lipinski definition) is 1. The van der Waals surface area contributed by atoms with Crippen LogP contribution in [0.3, 0.4) is 0 Å². The van der Waals surface area contributed by atoms with Gasteiger partial charge in [0.25, 0.3) is 0 Å². The van der Waals surface area contributed by atoms with E-state index in [1.807, 2.05) is 0 Å². The van der Waals surface area contributed by atoms with Crippen molar-refractivity contribution in [3.8, 4) is 0 Å². The van der Waals surface area contributed by atoms with Crippen LogP contribution in [0.1, 0.15) is 63.4 Å². The molecule has 1 saturated heterocycles. The minimum atomic E-state index is 0.00959. The van der Waals surface area contributed by atoms with Gasteiger partial charge in [0.1, 0.15) is 6.17 Å². The highest BCUT2D eigenvalue weighted by atomic mass is 32.1. The van der Waals surface area contributed by atoms with Crippen LogP contribution in [0.15, 0.2) is 17.5 Å². The zero-order valence-corrected chi connectivity index (χ0v) is 13.9. The van der Waals surface area contributed by atoms with E-state index in [1.54, 1.807) is 11.3 Å². The summed E-state index contributed by atoms with van der Waals surface area (Å²) in [7, 11) is 0. The Morgan fingerprint density at radius 2 is 2.24 bits per heavy atom. The number of carbonyl (C=O) groups excluding carboxylic acids is 1. The van der Waals surface area contributed by atoms with Crippen molar-refractivity contribution in [3.63, 3.8) is 0 Å². The minimum absolute atomic E-state index is 0.00959. The molecule has 1 aliphatic carbocycles. The molecule has 4 heteroatoms. The van der Waals surface area contributed by atoms with Gasteiger partial charge in [0.05, 0.1) is 6.04 Å². The maximum absolute atomic E-state index is 12.9. The van der Waals surface area contributed by atoms with Crippen molar-refractivity contribution in [2.45, 2.75) is 70.6 Å². The number of rotatable bonds is 7. The molecule has 1 aromatic heterocycles. The van der Waals surface area contributed by atoms with Gasteiger partial charge >= 0.3 is 0 Å². The Balaban J connectivity index is 1.82. The summed E-state index contributed by atoms with van der Waals surface area (Å²) in [6, 6.07) is 4.64. The number of nitrogens with zero attached hydrogens (tertiary/aromatic N) is 1. The average molecular weight is 306 g/mol. The van der Waals surface area contributed by atoms with Gasteiger partial charge in [0, 0.05) is 10.9 Å². The Bertz CT molecular complexity index is 469. The van der Waals surface area contributed by atoms with E-state index < -0.39 is 0 Å². The minimum Gasteiger partial charge on any atom is -0.318 e. The molecule has 3 unspecified atom stereocenters. The molecule has 1 aliphatic heterocycles. The Morgan fingerprint density at radius 1 is 1.43 bits per heavy atom. The Morgan fingerprint density at radius 3 is 2.81 bits per heavy atom. The number of nitrogens with one attached hydrogen (secondary N) is 1. The Kier molecular flexibility index (Phi) is 4.65. The predicted octanol–water partition coefficient (Wildman–Crippen LogP) is 3.93. The van der Waals surface area contributed by atoms with Crippen LogP contribution in [0.2, 0.25) is 0 Å². The van der Waals surface area contributed by atoms with Crippen LogP contribution in [-0.4, -0.2) is 22.9 Å². The largest absolute Gasteiger partial charge is 0.318 e. The zero-order valence-electron chi connectivity index (χ0n) is 13.0. The molecule has 1 amide bonds. The van der Waals surface area contributed by atoms with E-state index in [9.17, 15) is 4.79 Å². The summed E-state index contributed by atoms with van der Waals surface area (Å²) in [6.45, 7) is 4.37. The van der Waals surface area contributed by atoms with Crippen molar-refractivity contribution in [1.82, 2.24) is 10.2 Å². The second-order valence-electron chi connectivity index (χ2n) is 6.41. The van der Waals surface area contributed by atoms with E-state index in [0.717, 1.165) is 25.2 Å². The summed E-state index contributed by atoms with van der Waals surface area (Å²) in [5.74, 6) is 1.18. The summed E-state index contributed by atoms with van der Waals surface area (Å²) in [5.41, 5.74) is 0. The third-order valence-electron chi connectivity index (χ3n) is 4.75. The molecule has 21 heavy (non-hydrogen) atoms. The van der Waals surface area contributed by atoms with Crippen LogP contribution in [0.25, 0.3) is 0 Å². The second kappa shape index (κ2) is 6.49. The third-order valence-corrected chi connectivity index (χ3v) is 5.67. The van der Waals surface area contributed by atoms with Gasteiger partial charge in [0.2, 0.25) is 5.91 Å². The van der Waals surface area contributed by atoms with Gasteiger partial charge < -0.3 is 4.90 Å². The quantitative estimate of drug-likeness (QED) is 0.828. The van der Waals surface area contributed by atoms with E-state index in [4.69, 9.17) is 0 Å². The lowest BCUT2D eigenvalue weighted by Gasteiger charge is -2.32. The van der Waals surface area contributed by atoms with Crippen LogP contribution >= 0.6 is 11.3 Å². The molecule has 2 fully saturated rings. The fraction of sp³-hybridized carbons (Fsp3) is 0.706. The second-order valence-corrected chi connectivity index (χ2v) is 7.39. The summed E-state index contributed by atoms with van der Waals surface area (Å²) in [6.07, 6.45) is 7.04. The summed E-state index contributed by atoms with van der Waals surface area (Å²) < 4.78 is 0. The molecular weight excluding hydrogens is 280 g/mol. The molecule has 2 aliphatic rings. The Labute approximate surface area is 131 Å². The molecular formula is C17H26N2OS. The number of thiophene rings is 1. The molecule has 0 aromatic carbocycles. The lowest BCUT2D eigenvalue weighted by Crippen LogP contribution is -2.40. The van der Waals surface area contributed by atoms with Gasteiger partial charge in [-0.3, -0.25) is 10.1 Å². The van der Waals surface area contributed by atoms with E-state index in [0.29, 0.717) is 11.9 Å². The summed E-state index contributed by atoms with van der Waals surface area (Å²) in [5, 5.41) is 5.70. The first kappa shape index (κ1) is 15.0. The third kappa shape index (κ3) is 3.16.